The third-order valence-electron chi connectivity index (χ3n) is 6.03. The minimum absolute atomic E-state index is 0.0753. The van der Waals surface area contributed by atoms with Gasteiger partial charge in [-0.05, 0) is 55.5 Å². The standard InChI is InChI=1S/C24H23FN4O2S2/c1-15-18(21(28-10-4-3-5-11-28)27(2)22(30)19(15)13-26)12-20-23(31)29(24(32)33-20)14-16-6-8-17(25)9-7-16/h6-9,12H,3-5,10-11,14H2,1-2H3/b20-12-. The van der Waals surface area contributed by atoms with Crippen molar-refractivity contribution in [3.8, 4) is 6.07 Å². The minimum atomic E-state index is -0.340. The first-order chi connectivity index (χ1) is 15.8. The molecule has 0 unspecified atom stereocenters. The molecule has 1 amide bonds. The van der Waals surface area contributed by atoms with Gasteiger partial charge in [-0.15, -0.1) is 0 Å². The number of halogens is 1. The van der Waals surface area contributed by atoms with E-state index in [1.54, 1.807) is 32.2 Å². The molecule has 2 aliphatic heterocycles. The number of rotatable bonds is 4. The normalized spacial score (nSPS) is 17.7. The summed E-state index contributed by atoms with van der Waals surface area (Å²) >= 11 is 6.65. The fourth-order valence-corrected chi connectivity index (χ4v) is 5.48. The Morgan fingerprint density at radius 3 is 2.48 bits per heavy atom. The van der Waals surface area contributed by atoms with Gasteiger partial charge in [-0.1, -0.05) is 36.1 Å². The summed E-state index contributed by atoms with van der Waals surface area (Å²) in [6.45, 7) is 3.62. The molecule has 2 aromatic rings. The largest absolute Gasteiger partial charge is 0.357 e. The highest BCUT2D eigenvalue weighted by Gasteiger charge is 2.33. The summed E-state index contributed by atoms with van der Waals surface area (Å²) in [6.07, 6.45) is 4.93. The van der Waals surface area contributed by atoms with Gasteiger partial charge in [0.25, 0.3) is 11.5 Å². The fraction of sp³-hybridized carbons (Fsp3) is 0.333. The summed E-state index contributed by atoms with van der Waals surface area (Å²) in [5.74, 6) is 0.137. The number of hydrogen-bond acceptors (Lipinski definition) is 6. The van der Waals surface area contributed by atoms with E-state index in [0.29, 0.717) is 20.4 Å². The monoisotopic (exact) mass is 482 g/mol. The van der Waals surface area contributed by atoms with Crippen LogP contribution in [0.1, 0.15) is 41.5 Å². The molecule has 2 aliphatic rings. The molecule has 33 heavy (non-hydrogen) atoms. The maximum atomic E-state index is 13.2. The van der Waals surface area contributed by atoms with Crippen LogP contribution in [0.3, 0.4) is 0 Å². The molecule has 2 fully saturated rings. The van der Waals surface area contributed by atoms with E-state index in [1.807, 2.05) is 6.07 Å². The lowest BCUT2D eigenvalue weighted by atomic mass is 10.0. The van der Waals surface area contributed by atoms with Crippen molar-refractivity contribution in [2.75, 3.05) is 18.0 Å². The van der Waals surface area contributed by atoms with E-state index in [2.05, 4.69) is 4.90 Å². The van der Waals surface area contributed by atoms with Gasteiger partial charge in [0.05, 0.1) is 11.4 Å². The van der Waals surface area contributed by atoms with Crippen LogP contribution in [-0.4, -0.2) is 32.8 Å². The molecule has 0 N–H and O–H groups in total. The molecular weight excluding hydrogens is 459 g/mol. The number of pyridine rings is 1. The summed E-state index contributed by atoms with van der Waals surface area (Å²) in [6, 6.07) is 7.99. The third-order valence-corrected chi connectivity index (χ3v) is 7.40. The summed E-state index contributed by atoms with van der Waals surface area (Å²) in [5, 5.41) is 9.60. The fourth-order valence-electron chi connectivity index (χ4n) is 4.24. The summed E-state index contributed by atoms with van der Waals surface area (Å²) in [5.41, 5.74) is 1.76. The van der Waals surface area contributed by atoms with Crippen molar-refractivity contribution in [1.82, 2.24) is 9.47 Å². The van der Waals surface area contributed by atoms with Crippen molar-refractivity contribution in [3.05, 3.63) is 67.6 Å². The number of nitrogens with zero attached hydrogens (tertiary/aromatic N) is 4. The number of thioether (sulfide) groups is 1. The average molecular weight is 483 g/mol. The van der Waals surface area contributed by atoms with Gasteiger partial charge in [0, 0.05) is 25.7 Å². The lowest BCUT2D eigenvalue weighted by molar-refractivity contribution is -0.122. The molecule has 6 nitrogen and oxygen atoms in total. The van der Waals surface area contributed by atoms with Crippen LogP contribution in [0, 0.1) is 24.1 Å². The number of thiocarbonyl (C=S) groups is 1. The second kappa shape index (κ2) is 9.49. The zero-order valence-corrected chi connectivity index (χ0v) is 20.1. The van der Waals surface area contributed by atoms with Gasteiger partial charge in [0.15, 0.2) is 0 Å². The van der Waals surface area contributed by atoms with Gasteiger partial charge in [0.1, 0.15) is 27.6 Å². The van der Waals surface area contributed by atoms with Gasteiger partial charge in [0.2, 0.25) is 0 Å². The quantitative estimate of drug-likeness (QED) is 0.483. The van der Waals surface area contributed by atoms with Crippen LogP contribution in [0.15, 0.2) is 34.0 Å². The molecule has 4 rings (SSSR count). The summed E-state index contributed by atoms with van der Waals surface area (Å²) < 4.78 is 15.2. The van der Waals surface area contributed by atoms with Crippen LogP contribution in [0.4, 0.5) is 10.2 Å². The number of amides is 1. The Bertz CT molecular complexity index is 1260. The second-order valence-corrected chi connectivity index (χ2v) is 9.83. The molecule has 3 heterocycles. The first-order valence-electron chi connectivity index (χ1n) is 10.7. The van der Waals surface area contributed by atoms with Crippen LogP contribution < -0.4 is 10.5 Å². The number of carbonyl (C=O) groups excluding carboxylic acids is 1. The van der Waals surface area contributed by atoms with Crippen LogP contribution in [0.25, 0.3) is 6.08 Å². The Balaban J connectivity index is 1.76. The Morgan fingerprint density at radius 2 is 1.85 bits per heavy atom. The third kappa shape index (κ3) is 4.45. The van der Waals surface area contributed by atoms with E-state index < -0.39 is 0 Å². The van der Waals surface area contributed by atoms with Gasteiger partial charge in [-0.3, -0.25) is 19.1 Å². The minimum Gasteiger partial charge on any atom is -0.357 e. The average Bonchev–Trinajstić information content (AvgIpc) is 3.07. The predicted molar refractivity (Wildman–Crippen MR) is 132 cm³/mol. The second-order valence-electron chi connectivity index (χ2n) is 8.16. The molecule has 0 radical (unpaired) electrons. The van der Waals surface area contributed by atoms with Crippen molar-refractivity contribution < 1.29 is 9.18 Å². The Morgan fingerprint density at radius 1 is 1.18 bits per heavy atom. The Kier molecular flexibility index (Phi) is 6.68. The molecule has 0 bridgehead atoms. The zero-order chi connectivity index (χ0) is 23.7. The molecule has 1 aromatic carbocycles. The van der Waals surface area contributed by atoms with E-state index in [1.165, 1.54) is 33.4 Å². The van der Waals surface area contributed by atoms with Gasteiger partial charge in [-0.2, -0.15) is 5.26 Å². The number of aromatic nitrogens is 1. The molecule has 1 aromatic heterocycles. The number of carbonyl (C=O) groups is 1. The highest BCUT2D eigenvalue weighted by atomic mass is 32.2. The van der Waals surface area contributed by atoms with Crippen LogP contribution >= 0.6 is 24.0 Å². The predicted octanol–water partition coefficient (Wildman–Crippen LogP) is 4.10. The Hall–Kier alpha value is -2.96. The Labute approximate surface area is 201 Å². The summed E-state index contributed by atoms with van der Waals surface area (Å²) in [4.78, 5) is 30.1. The molecule has 170 valence electrons. The molecule has 2 saturated heterocycles. The van der Waals surface area contributed by atoms with Crippen molar-refractivity contribution in [2.45, 2.75) is 32.7 Å². The van der Waals surface area contributed by atoms with Gasteiger partial charge < -0.3 is 4.90 Å². The molecule has 0 saturated carbocycles. The van der Waals surface area contributed by atoms with Crippen LogP contribution in [0.2, 0.25) is 0 Å². The van der Waals surface area contributed by atoms with Crippen molar-refractivity contribution in [3.63, 3.8) is 0 Å². The van der Waals surface area contributed by atoms with Crippen LogP contribution in [0.5, 0.6) is 0 Å². The maximum absolute atomic E-state index is 13.2. The SMILES string of the molecule is Cc1c(/C=C2\SC(=S)N(Cc3ccc(F)cc3)C2=O)c(N2CCCCC2)n(C)c(=O)c1C#N. The highest BCUT2D eigenvalue weighted by molar-refractivity contribution is 8.26. The smallest absolute Gasteiger partial charge is 0.270 e. The van der Waals surface area contributed by atoms with Crippen molar-refractivity contribution >= 4 is 46.1 Å². The van der Waals surface area contributed by atoms with E-state index in [0.717, 1.165) is 43.7 Å². The first-order valence-corrected chi connectivity index (χ1v) is 11.9. The number of hydrogen-bond donors (Lipinski definition) is 0. The van der Waals surface area contributed by atoms with Crippen LogP contribution in [-0.2, 0) is 18.4 Å². The zero-order valence-electron chi connectivity index (χ0n) is 18.4. The lowest BCUT2D eigenvalue weighted by Gasteiger charge is -2.32. The van der Waals surface area contributed by atoms with Crippen molar-refractivity contribution in [1.29, 1.82) is 5.26 Å². The molecule has 0 spiro atoms. The molecular formula is C24H23FN4O2S2. The van der Waals surface area contributed by atoms with E-state index in [-0.39, 0.29) is 29.4 Å². The highest BCUT2D eigenvalue weighted by Crippen LogP contribution is 2.36. The number of nitriles is 1. The molecule has 9 heteroatoms. The number of piperidine rings is 1. The van der Waals surface area contributed by atoms with E-state index in [4.69, 9.17) is 12.2 Å². The van der Waals surface area contributed by atoms with E-state index in [9.17, 15) is 19.2 Å². The van der Waals surface area contributed by atoms with Crippen molar-refractivity contribution in [2.24, 2.45) is 7.05 Å². The first kappa shape index (κ1) is 23.2. The van der Waals surface area contributed by atoms with Gasteiger partial charge in [-0.25, -0.2) is 4.39 Å². The molecule has 0 atom stereocenters. The topological polar surface area (TPSA) is 69.3 Å². The lowest BCUT2D eigenvalue weighted by Crippen LogP contribution is -2.36. The van der Waals surface area contributed by atoms with E-state index >= 15 is 0 Å². The number of benzene rings is 1. The summed E-state index contributed by atoms with van der Waals surface area (Å²) in [7, 11) is 1.67. The van der Waals surface area contributed by atoms with Gasteiger partial charge >= 0.3 is 0 Å². The molecule has 0 aliphatic carbocycles. The maximum Gasteiger partial charge on any atom is 0.270 e. The number of anilines is 1.